The molecular formula is C27H21ClFNO3. The number of hydrogen-bond donors (Lipinski definition) is 0. The molecule has 3 aromatic rings. The molecule has 6 heteroatoms. The Morgan fingerprint density at radius 1 is 0.879 bits per heavy atom. The quantitative estimate of drug-likeness (QED) is 0.429. The van der Waals surface area contributed by atoms with Gasteiger partial charge in [-0.25, -0.2) is 4.39 Å². The Morgan fingerprint density at radius 2 is 1.61 bits per heavy atom. The van der Waals surface area contributed by atoms with E-state index in [1.54, 1.807) is 35.2 Å². The molecule has 0 radical (unpaired) electrons. The van der Waals surface area contributed by atoms with E-state index in [2.05, 4.69) is 0 Å². The predicted molar refractivity (Wildman–Crippen MR) is 125 cm³/mol. The number of amides is 1. The van der Waals surface area contributed by atoms with Crippen LogP contribution in [-0.2, 0) is 9.59 Å². The summed E-state index contributed by atoms with van der Waals surface area (Å²) in [5, 5.41) is 0.230. The SMILES string of the molecule is O=C1CCCC2=C1C(c1c(F)cccc1Cl)CC(=O)N2c1ccc(Oc2ccccc2)cc1. The summed E-state index contributed by atoms with van der Waals surface area (Å²) in [5.74, 6) is -0.0648. The molecule has 5 rings (SSSR count). The minimum absolute atomic E-state index is 0.0203. The normalized spacial score (nSPS) is 18.4. The summed E-state index contributed by atoms with van der Waals surface area (Å²) in [6, 6.07) is 21.0. The molecule has 166 valence electrons. The molecule has 0 N–H and O–H groups in total. The van der Waals surface area contributed by atoms with Gasteiger partial charge in [0.2, 0.25) is 5.91 Å². The summed E-state index contributed by atoms with van der Waals surface area (Å²) in [4.78, 5) is 27.9. The molecule has 1 atom stereocenters. The zero-order valence-corrected chi connectivity index (χ0v) is 18.5. The summed E-state index contributed by atoms with van der Waals surface area (Å²) in [7, 11) is 0. The predicted octanol–water partition coefficient (Wildman–Crippen LogP) is 6.80. The summed E-state index contributed by atoms with van der Waals surface area (Å²) >= 11 is 6.31. The maximum atomic E-state index is 14.7. The topological polar surface area (TPSA) is 46.6 Å². The minimum atomic E-state index is -0.675. The second-order valence-electron chi connectivity index (χ2n) is 8.17. The van der Waals surface area contributed by atoms with Crippen LogP contribution in [0.2, 0.25) is 5.02 Å². The number of halogens is 2. The van der Waals surface area contributed by atoms with Gasteiger partial charge in [0.15, 0.2) is 5.78 Å². The van der Waals surface area contributed by atoms with Crippen molar-refractivity contribution in [2.24, 2.45) is 0 Å². The zero-order chi connectivity index (χ0) is 22.9. The number of rotatable bonds is 4. The van der Waals surface area contributed by atoms with Crippen molar-refractivity contribution in [3.05, 3.63) is 100 Å². The second-order valence-corrected chi connectivity index (χ2v) is 8.57. The lowest BCUT2D eigenvalue weighted by Gasteiger charge is -2.38. The highest BCUT2D eigenvalue weighted by Crippen LogP contribution is 2.45. The maximum Gasteiger partial charge on any atom is 0.232 e. The molecule has 0 saturated carbocycles. The molecule has 1 amide bonds. The van der Waals surface area contributed by atoms with Gasteiger partial charge < -0.3 is 4.74 Å². The summed E-state index contributed by atoms with van der Waals surface area (Å²) in [6.45, 7) is 0. The van der Waals surface area contributed by atoms with Crippen molar-refractivity contribution in [3.8, 4) is 11.5 Å². The Hall–Kier alpha value is -3.44. The lowest BCUT2D eigenvalue weighted by molar-refractivity contribution is -0.119. The third-order valence-corrected chi connectivity index (χ3v) is 6.43. The van der Waals surface area contributed by atoms with Gasteiger partial charge in [-0.2, -0.15) is 0 Å². The van der Waals surface area contributed by atoms with Crippen molar-refractivity contribution in [2.75, 3.05) is 4.90 Å². The van der Waals surface area contributed by atoms with Gasteiger partial charge >= 0.3 is 0 Å². The number of benzene rings is 3. The fraction of sp³-hybridized carbons (Fsp3) is 0.185. The van der Waals surface area contributed by atoms with E-state index in [4.69, 9.17) is 16.3 Å². The molecule has 1 aliphatic carbocycles. The maximum absolute atomic E-state index is 14.7. The average Bonchev–Trinajstić information content (AvgIpc) is 2.80. The van der Waals surface area contributed by atoms with E-state index in [1.165, 1.54) is 12.1 Å². The van der Waals surface area contributed by atoms with E-state index < -0.39 is 11.7 Å². The Kier molecular flexibility index (Phi) is 5.73. The van der Waals surface area contributed by atoms with Crippen LogP contribution in [0.25, 0.3) is 0 Å². The van der Waals surface area contributed by atoms with Crippen LogP contribution in [0.15, 0.2) is 84.1 Å². The number of ether oxygens (including phenoxy) is 1. The Balaban J connectivity index is 1.53. The average molecular weight is 462 g/mol. The lowest BCUT2D eigenvalue weighted by atomic mass is 9.77. The van der Waals surface area contributed by atoms with Crippen molar-refractivity contribution < 1.29 is 18.7 Å². The van der Waals surface area contributed by atoms with Gasteiger partial charge in [0.25, 0.3) is 0 Å². The molecule has 1 heterocycles. The number of nitrogens with zero attached hydrogens (tertiary/aromatic N) is 1. The van der Waals surface area contributed by atoms with Crippen LogP contribution in [0, 0.1) is 5.82 Å². The first kappa shape index (κ1) is 21.4. The zero-order valence-electron chi connectivity index (χ0n) is 17.8. The van der Waals surface area contributed by atoms with Gasteiger partial charge in [-0.15, -0.1) is 0 Å². The molecule has 0 spiro atoms. The van der Waals surface area contributed by atoms with Crippen molar-refractivity contribution >= 4 is 29.0 Å². The highest BCUT2D eigenvalue weighted by atomic mass is 35.5. The molecule has 1 unspecified atom stereocenters. The summed E-state index contributed by atoms with van der Waals surface area (Å²) in [6.07, 6.45) is 1.58. The van der Waals surface area contributed by atoms with Gasteiger partial charge in [-0.1, -0.05) is 35.9 Å². The number of allylic oxidation sites excluding steroid dienone is 2. The number of carbonyl (C=O) groups excluding carboxylic acids is 2. The Morgan fingerprint density at radius 3 is 2.33 bits per heavy atom. The summed E-state index contributed by atoms with van der Waals surface area (Å²) in [5.41, 5.74) is 2.02. The van der Waals surface area contributed by atoms with Gasteiger partial charge in [-0.05, 0) is 61.4 Å². The highest BCUT2D eigenvalue weighted by Gasteiger charge is 2.41. The van der Waals surface area contributed by atoms with Gasteiger partial charge in [0, 0.05) is 46.3 Å². The molecule has 0 fully saturated rings. The third-order valence-electron chi connectivity index (χ3n) is 6.10. The van der Waals surface area contributed by atoms with Crippen LogP contribution in [0.1, 0.15) is 37.2 Å². The smallest absolute Gasteiger partial charge is 0.232 e. The molecule has 0 saturated heterocycles. The number of Topliss-reactive ketones (excluding diaryl/α,β-unsaturated/α-hetero) is 1. The first-order chi connectivity index (χ1) is 16.0. The third kappa shape index (κ3) is 4.05. The molecule has 4 nitrogen and oxygen atoms in total. The first-order valence-corrected chi connectivity index (χ1v) is 11.3. The van der Waals surface area contributed by atoms with Crippen LogP contribution in [-0.4, -0.2) is 11.7 Å². The first-order valence-electron chi connectivity index (χ1n) is 10.9. The van der Waals surface area contributed by atoms with Crippen LogP contribution in [0.3, 0.4) is 0 Å². The molecule has 33 heavy (non-hydrogen) atoms. The van der Waals surface area contributed by atoms with E-state index in [1.807, 2.05) is 30.3 Å². The minimum Gasteiger partial charge on any atom is -0.457 e. The van der Waals surface area contributed by atoms with Crippen molar-refractivity contribution in [1.82, 2.24) is 0 Å². The van der Waals surface area contributed by atoms with E-state index >= 15 is 0 Å². The summed E-state index contributed by atoms with van der Waals surface area (Å²) < 4.78 is 20.6. The second kappa shape index (κ2) is 8.83. The van der Waals surface area contributed by atoms with Crippen LogP contribution in [0.4, 0.5) is 10.1 Å². The fourth-order valence-electron chi connectivity index (χ4n) is 4.67. The molecule has 3 aromatic carbocycles. The van der Waals surface area contributed by atoms with E-state index in [-0.39, 0.29) is 28.7 Å². The highest BCUT2D eigenvalue weighted by molar-refractivity contribution is 6.31. The monoisotopic (exact) mass is 461 g/mol. The molecule has 0 bridgehead atoms. The van der Waals surface area contributed by atoms with E-state index in [9.17, 15) is 14.0 Å². The van der Waals surface area contributed by atoms with E-state index in [0.29, 0.717) is 47.7 Å². The van der Waals surface area contributed by atoms with Gasteiger partial charge in [0.05, 0.1) is 0 Å². The molecular weight excluding hydrogens is 441 g/mol. The largest absolute Gasteiger partial charge is 0.457 e. The fourth-order valence-corrected chi connectivity index (χ4v) is 4.97. The number of anilines is 1. The van der Waals surface area contributed by atoms with Gasteiger partial charge in [0.1, 0.15) is 17.3 Å². The van der Waals surface area contributed by atoms with Crippen LogP contribution < -0.4 is 9.64 Å². The van der Waals surface area contributed by atoms with Gasteiger partial charge in [-0.3, -0.25) is 14.5 Å². The Bertz CT molecular complexity index is 1230. The molecule has 0 aromatic heterocycles. The standard InChI is InChI=1S/C27H21ClFNO3/c28-21-8-4-9-22(29)26(21)20-16-25(32)30(23-10-5-11-24(31)27(20)23)17-12-14-19(15-13-17)33-18-6-2-1-3-7-18/h1-4,6-9,12-15,20H,5,10-11,16H2. The van der Waals surface area contributed by atoms with Crippen molar-refractivity contribution in [2.45, 2.75) is 31.6 Å². The number of hydrogen-bond acceptors (Lipinski definition) is 3. The van der Waals surface area contributed by atoms with Crippen LogP contribution in [0.5, 0.6) is 11.5 Å². The van der Waals surface area contributed by atoms with E-state index in [0.717, 1.165) is 0 Å². The number of ketones is 1. The lowest BCUT2D eigenvalue weighted by Crippen LogP contribution is -2.40. The van der Waals surface area contributed by atoms with Crippen LogP contribution >= 0.6 is 11.6 Å². The number of para-hydroxylation sites is 1. The molecule has 1 aliphatic heterocycles. The number of carbonyl (C=O) groups is 2. The Labute approximate surface area is 196 Å². The van der Waals surface area contributed by atoms with Crippen molar-refractivity contribution in [3.63, 3.8) is 0 Å². The molecule has 2 aliphatic rings. The van der Waals surface area contributed by atoms with Crippen molar-refractivity contribution in [1.29, 1.82) is 0 Å².